The number of hydrogen-bond acceptors (Lipinski definition) is 21. The number of aliphatic hydroxyl groups is 1. The average Bonchev–Trinajstić information content (AvgIpc) is 1.49. The number of guanidine groups is 1. The maximum absolute atomic E-state index is 15.8. The van der Waals surface area contributed by atoms with E-state index < -0.39 is 223 Å². The fourth-order valence-corrected chi connectivity index (χ4v) is 17.1. The zero-order chi connectivity index (χ0) is 99.6. The van der Waals surface area contributed by atoms with Crippen LogP contribution in [0.25, 0.3) is 22.0 Å². The standard InChI is InChI=1S/C94H131N23O18S/c1-11-13-31-74-87(129)106-65(30-22-38-100-94(97)98)83(125)112-73(82(124)102-48-78(96)120)51-136-52-80(122)105-69(41-57-25-16-15-17-26-57)90(132)114(8)56(6)81(123)108-71(45-77(95)119)92(134)117-39-23-33-75(117)88(130)107-67(44-61-47-99-53-103-61)85(127)109-68(40-54(3)4)89(131)113(7)49-79(121)104-66(43-60-46-101-64-29-21-20-28-63(60)64)84(126)111-72(50-118)86(128)110-70(91(133)116(10)76(32-14-12-2)93(135)115(74)9)42-58-34-36-59(37-35-58)62-27-19-18-24-55(62)5/h15-21,24-29,34-37,46-47,53-54,56,65-76,101,118H,11-14,22-23,30-33,38-45,48-52H2,1-10H3,(H2,95,119)(H2,96,120)(H,99,103)(H,102,124)(H,104,121)(H,105,122)(H,106,129)(H,107,130)(H,108,123)(H,109,127)(H,110,128)(H,111,126)(H,112,125)(H4,97,98,100)/t56-,65-,66-,67-,68-,69-,70-,71-,72-,73-,74-,75-,76-/m0/s1. The molecule has 0 saturated carbocycles. The molecule has 136 heavy (non-hydrogen) atoms. The number of carbonyl (C=O) groups excluding carboxylic acids is 17. The van der Waals surface area contributed by atoms with Crippen LogP contribution in [0, 0.1) is 18.3 Å². The molecule has 0 unspecified atom stereocenters. The molecule has 2 saturated heterocycles. The summed E-state index contributed by atoms with van der Waals surface area (Å²) >= 11 is 0.796. The summed E-state index contributed by atoms with van der Waals surface area (Å²) in [4.78, 5) is 265. The van der Waals surface area contributed by atoms with Crippen LogP contribution in [0.4, 0.5) is 0 Å². The first-order valence-electron chi connectivity index (χ1n) is 45.7. The Morgan fingerprint density at radius 1 is 0.551 bits per heavy atom. The lowest BCUT2D eigenvalue weighted by Crippen LogP contribution is -2.61. The summed E-state index contributed by atoms with van der Waals surface area (Å²) in [7, 11) is 5.26. The van der Waals surface area contributed by atoms with Gasteiger partial charge >= 0.3 is 0 Å². The number of H-pyrrole nitrogens is 2. The lowest BCUT2D eigenvalue weighted by Gasteiger charge is -2.36. The molecule has 0 spiro atoms. The summed E-state index contributed by atoms with van der Waals surface area (Å²) < 4.78 is 0. The number of para-hydroxylation sites is 1. The van der Waals surface area contributed by atoms with Gasteiger partial charge in [0.2, 0.25) is 100 Å². The molecule has 13 atom stereocenters. The van der Waals surface area contributed by atoms with E-state index >= 15 is 24.0 Å². The number of unbranched alkanes of at least 4 members (excludes halogenated alkanes) is 2. The number of rotatable bonds is 27. The van der Waals surface area contributed by atoms with Gasteiger partial charge in [0, 0.05) is 102 Å². The Morgan fingerprint density at radius 3 is 1.76 bits per heavy atom. The van der Waals surface area contributed by atoms with E-state index in [2.05, 4.69) is 73.4 Å². The molecule has 42 heteroatoms. The molecular weight excluding hydrogens is 1770 g/mol. The number of hydrogen-bond donors (Lipinski definition) is 18. The van der Waals surface area contributed by atoms with Gasteiger partial charge in [-0.15, -0.1) is 11.8 Å². The third-order valence-corrected chi connectivity index (χ3v) is 24.9. The Morgan fingerprint density at radius 2 is 1.12 bits per heavy atom. The number of benzene rings is 4. The number of aromatic nitrogens is 3. The van der Waals surface area contributed by atoms with Crippen LogP contribution in [-0.2, 0) is 107 Å². The molecule has 2 aliphatic rings. The van der Waals surface area contributed by atoms with Crippen molar-refractivity contribution in [1.29, 1.82) is 5.41 Å². The number of fused-ring (bicyclic) bond motifs is 2. The van der Waals surface area contributed by atoms with Crippen LogP contribution in [-0.4, -0.2) is 302 Å². The first kappa shape index (κ1) is 108. The van der Waals surface area contributed by atoms with Gasteiger partial charge in [-0.05, 0) is 104 Å². The second kappa shape index (κ2) is 52.7. The van der Waals surface area contributed by atoms with Crippen molar-refractivity contribution in [2.45, 2.75) is 223 Å². The first-order valence-corrected chi connectivity index (χ1v) is 46.9. The van der Waals surface area contributed by atoms with E-state index in [4.69, 9.17) is 22.6 Å². The number of nitrogens with one attached hydrogen (secondary N) is 14. The van der Waals surface area contributed by atoms with Crippen molar-refractivity contribution in [2.75, 3.05) is 72.5 Å². The molecule has 0 radical (unpaired) electrons. The molecule has 0 bridgehead atoms. The minimum absolute atomic E-state index is 0.000154. The van der Waals surface area contributed by atoms with Crippen molar-refractivity contribution in [3.8, 4) is 11.1 Å². The molecule has 8 rings (SSSR count). The van der Waals surface area contributed by atoms with Crippen LogP contribution >= 0.6 is 11.8 Å². The van der Waals surface area contributed by atoms with E-state index in [0.29, 0.717) is 59.0 Å². The van der Waals surface area contributed by atoms with Gasteiger partial charge in [0.05, 0.1) is 38.2 Å². The zero-order valence-corrected chi connectivity index (χ0v) is 79.4. The molecule has 21 N–H and O–H groups in total. The van der Waals surface area contributed by atoms with E-state index in [9.17, 15) is 62.6 Å². The van der Waals surface area contributed by atoms with E-state index in [1.165, 1.54) is 47.6 Å². The van der Waals surface area contributed by atoms with Crippen LogP contribution in [0.5, 0.6) is 0 Å². The summed E-state index contributed by atoms with van der Waals surface area (Å²) in [5, 5.41) is 48.9. The Hall–Kier alpha value is -13.8. The lowest BCUT2D eigenvalue weighted by atomic mass is 9.97. The number of thioether (sulfide) groups is 1. The fraction of sp³-hybridized carbons (Fsp3) is 0.500. The van der Waals surface area contributed by atoms with Crippen LogP contribution in [0.3, 0.4) is 0 Å². The second-order valence-corrected chi connectivity index (χ2v) is 35.8. The Kier molecular flexibility index (Phi) is 41.7. The van der Waals surface area contributed by atoms with Crippen LogP contribution in [0.1, 0.15) is 140 Å². The molecule has 17 amide bonds. The summed E-state index contributed by atoms with van der Waals surface area (Å²) in [6, 6.07) is 10.6. The SMILES string of the molecule is CCCC[C@H]1C(=O)N(C)[C@@H](CCCC)C(=O)N[C@@H](CCCNC(=N)N)C(=O)N[C@H](C(=O)NCC(N)=O)CSCC(=O)N[C@@H](Cc2ccccc2)C(=O)N(C)[C@@H](C)C(=O)N[C@@H](CC(N)=O)C(=O)N2CCC[C@H]2C(=O)N[C@@H](Cc2cnc[nH]2)C(=O)N[C@@H](CC(C)C)C(=O)N(C)CC(=O)N[C@@H](Cc2c[nH]c3ccccc23)C(=O)N[C@@H](CO)C(=O)N[C@@H](Cc2ccc(-c3ccccc3C)cc2)C(=O)N1C. The van der Waals surface area contributed by atoms with Gasteiger partial charge in [-0.3, -0.25) is 86.9 Å². The van der Waals surface area contributed by atoms with Gasteiger partial charge in [-0.25, -0.2) is 4.98 Å². The number of likely N-dealkylation sites (N-methyl/N-ethyl adjacent to an activating group) is 4. The molecule has 4 heterocycles. The fourth-order valence-electron chi connectivity index (χ4n) is 16.2. The van der Waals surface area contributed by atoms with Crippen molar-refractivity contribution in [1.82, 2.24) is 97.9 Å². The number of amides is 17. The van der Waals surface area contributed by atoms with E-state index in [-0.39, 0.29) is 89.6 Å². The van der Waals surface area contributed by atoms with Gasteiger partial charge in [-0.1, -0.05) is 150 Å². The van der Waals surface area contributed by atoms with E-state index in [1.807, 2.05) is 57.2 Å². The predicted molar refractivity (Wildman–Crippen MR) is 508 cm³/mol. The minimum Gasteiger partial charge on any atom is -0.394 e. The number of carbonyl (C=O) groups is 17. The van der Waals surface area contributed by atoms with Crippen LogP contribution in [0.2, 0.25) is 0 Å². The average molecular weight is 1900 g/mol. The third kappa shape index (κ3) is 31.7. The highest BCUT2D eigenvalue weighted by atomic mass is 32.2. The summed E-state index contributed by atoms with van der Waals surface area (Å²) in [6.07, 6.45) is 4.36. The van der Waals surface area contributed by atoms with Crippen LogP contribution < -0.4 is 75.7 Å². The molecule has 6 aromatic rings. The number of aromatic amines is 2. The number of nitrogens with two attached hydrogens (primary N) is 3. The van der Waals surface area contributed by atoms with Crippen LogP contribution in [0.15, 0.2) is 122 Å². The van der Waals surface area contributed by atoms with Gasteiger partial charge < -0.3 is 115 Å². The topological polar surface area (TPSA) is 605 Å². The van der Waals surface area contributed by atoms with Gasteiger partial charge in [0.15, 0.2) is 5.96 Å². The Labute approximate surface area is 794 Å². The smallest absolute Gasteiger partial charge is 0.246 e. The third-order valence-electron chi connectivity index (χ3n) is 23.9. The van der Waals surface area contributed by atoms with Gasteiger partial charge in [-0.2, -0.15) is 0 Å². The maximum atomic E-state index is 15.8. The lowest BCUT2D eigenvalue weighted by molar-refractivity contribution is -0.149. The normalized spacial score (nSPS) is 23.1. The van der Waals surface area contributed by atoms with Crippen molar-refractivity contribution < 1.29 is 86.6 Å². The molecule has 736 valence electrons. The number of imidazole rings is 1. The predicted octanol–water partition coefficient (Wildman–Crippen LogP) is -0.644. The highest BCUT2D eigenvalue weighted by molar-refractivity contribution is 8.00. The number of primary amides is 2. The van der Waals surface area contributed by atoms with E-state index in [1.54, 1.807) is 86.8 Å². The van der Waals surface area contributed by atoms with Gasteiger partial charge in [0.1, 0.15) is 78.5 Å². The van der Waals surface area contributed by atoms with E-state index in [0.717, 1.165) is 53.0 Å². The number of nitrogens with zero attached hydrogens (tertiary/aromatic N) is 6. The molecule has 2 fully saturated rings. The highest BCUT2D eigenvalue weighted by Crippen LogP contribution is 2.27. The molecule has 2 aromatic heterocycles. The van der Waals surface area contributed by atoms with Crippen molar-refractivity contribution in [3.63, 3.8) is 0 Å². The number of aryl methyl sites for hydroxylation is 1. The molecular formula is C94H131N23O18S. The molecule has 2 aliphatic heterocycles. The summed E-state index contributed by atoms with van der Waals surface area (Å²) in [5.74, 6) is -17.1. The van der Waals surface area contributed by atoms with Crippen molar-refractivity contribution in [3.05, 3.63) is 150 Å². The number of aliphatic hydroxyl groups excluding tert-OH is 1. The van der Waals surface area contributed by atoms with Crippen molar-refractivity contribution >= 4 is 129 Å². The minimum atomic E-state index is -1.85. The maximum Gasteiger partial charge on any atom is 0.246 e. The largest absolute Gasteiger partial charge is 0.394 e. The molecule has 4 aromatic carbocycles. The van der Waals surface area contributed by atoms with Crippen molar-refractivity contribution in [2.24, 2.45) is 23.1 Å². The summed E-state index contributed by atoms with van der Waals surface area (Å²) in [5.41, 5.74) is 22.1. The second-order valence-electron chi connectivity index (χ2n) is 34.8. The van der Waals surface area contributed by atoms with Gasteiger partial charge in [0.25, 0.3) is 0 Å². The summed E-state index contributed by atoms with van der Waals surface area (Å²) in [6.45, 7) is 7.88. The first-order chi connectivity index (χ1) is 64.8. The molecule has 0 aliphatic carbocycles. The monoisotopic (exact) mass is 1900 g/mol. The quantitative estimate of drug-likeness (QED) is 0.0173. The Bertz CT molecular complexity index is 5180. The molecule has 41 nitrogen and oxygen atoms in total. The Balaban J connectivity index is 1.19. The highest BCUT2D eigenvalue weighted by Gasteiger charge is 2.44. The zero-order valence-electron chi connectivity index (χ0n) is 78.6.